The number of fused-ring (bicyclic) bond motifs is 2. The topological polar surface area (TPSA) is 108 Å². The van der Waals surface area contributed by atoms with Crippen LogP contribution in [0.5, 0.6) is 0 Å². The van der Waals surface area contributed by atoms with Gasteiger partial charge in [-0.3, -0.25) is 24.4 Å². The third-order valence-electron chi connectivity index (χ3n) is 7.99. The van der Waals surface area contributed by atoms with Gasteiger partial charge in [-0.2, -0.15) is 0 Å². The number of anilines is 1. The molecule has 3 aliphatic rings. The maximum absolute atomic E-state index is 16.6. The number of aliphatic imine (C=N–C) groups is 1. The predicted octanol–water partition coefficient (Wildman–Crippen LogP) is 4.71. The van der Waals surface area contributed by atoms with Crippen molar-refractivity contribution in [1.82, 2.24) is 40.3 Å². The van der Waals surface area contributed by atoms with Gasteiger partial charge in [-0.15, -0.1) is 0 Å². The average molecular weight is 599 g/mol. The second-order valence-electron chi connectivity index (χ2n) is 11.1. The number of likely N-dealkylation sites (tertiary alicyclic amines) is 1. The average Bonchev–Trinajstić information content (AvgIpc) is 3.52. The van der Waals surface area contributed by atoms with Crippen LogP contribution in [-0.2, 0) is 13.1 Å². The molecule has 1 saturated heterocycles. The normalized spacial score (nSPS) is 19.1. The Morgan fingerprint density at radius 2 is 2.07 bits per heavy atom. The molecule has 0 saturated carbocycles. The molecule has 44 heavy (non-hydrogen) atoms. The van der Waals surface area contributed by atoms with Crippen LogP contribution in [0.3, 0.4) is 0 Å². The molecule has 1 atom stereocenters. The van der Waals surface area contributed by atoms with Gasteiger partial charge in [0.15, 0.2) is 5.82 Å². The van der Waals surface area contributed by atoms with E-state index in [4.69, 9.17) is 0 Å². The fraction of sp³-hybridized carbons (Fsp3) is 0.258. The lowest BCUT2D eigenvalue weighted by Crippen LogP contribution is -2.25. The number of alkyl halides is 2. The van der Waals surface area contributed by atoms with E-state index in [0.29, 0.717) is 59.0 Å². The number of nitrogens with zero attached hydrogens (tertiary/aromatic N) is 7. The van der Waals surface area contributed by atoms with Gasteiger partial charge in [0.25, 0.3) is 5.92 Å². The Morgan fingerprint density at radius 1 is 1.18 bits per heavy atom. The predicted molar refractivity (Wildman–Crippen MR) is 160 cm³/mol. The standard InChI is InChI=1S/C31H29F3N10/c1-18-14-44(17-39-18)30-27-23(3-5-37-30)42-24(8-25(27)35-2)22-13-41-40-12-21-11-38-29(28(32)26(21)22)20-7-19(9-36-10-20)15-43-6-4-31(33,34)16-43/h3,5,7-11,13-14,17,25,40-42H,2,4,6,12,15-16H2,1H3. The number of nitrogens with one attached hydrogen (secondary N) is 3. The number of aromatic nitrogens is 5. The van der Waals surface area contributed by atoms with E-state index in [1.807, 2.05) is 29.8 Å². The Morgan fingerprint density at radius 3 is 2.84 bits per heavy atom. The number of hydrogen-bond donors (Lipinski definition) is 3. The summed E-state index contributed by atoms with van der Waals surface area (Å²) < 4.78 is 46.0. The zero-order chi connectivity index (χ0) is 30.4. The molecule has 0 amide bonds. The van der Waals surface area contributed by atoms with E-state index in [2.05, 4.69) is 47.8 Å². The zero-order valence-electron chi connectivity index (χ0n) is 23.9. The van der Waals surface area contributed by atoms with Crippen molar-refractivity contribution in [3.8, 4) is 17.1 Å². The first kappa shape index (κ1) is 27.9. The molecule has 7 rings (SSSR count). The molecule has 0 aliphatic carbocycles. The molecule has 4 aromatic rings. The molecule has 3 aliphatic heterocycles. The molecule has 1 unspecified atom stereocenters. The Bertz CT molecular complexity index is 1830. The van der Waals surface area contributed by atoms with Crippen LogP contribution in [0.2, 0.25) is 0 Å². The highest BCUT2D eigenvalue weighted by atomic mass is 19.3. The lowest BCUT2D eigenvalue weighted by molar-refractivity contribution is 0.0115. The Kier molecular flexibility index (Phi) is 6.98. The first-order chi connectivity index (χ1) is 21.3. The highest BCUT2D eigenvalue weighted by Gasteiger charge is 2.38. The number of hydrazine groups is 1. The van der Waals surface area contributed by atoms with Gasteiger partial charge in [0, 0.05) is 96.9 Å². The minimum absolute atomic E-state index is 0.120. The monoisotopic (exact) mass is 598 g/mol. The molecule has 0 aromatic carbocycles. The van der Waals surface area contributed by atoms with Crippen molar-refractivity contribution in [2.45, 2.75) is 38.4 Å². The van der Waals surface area contributed by atoms with E-state index in [1.54, 1.807) is 42.1 Å². The van der Waals surface area contributed by atoms with Crippen molar-refractivity contribution in [3.05, 3.63) is 101 Å². The highest BCUT2D eigenvalue weighted by Crippen LogP contribution is 2.41. The molecule has 3 N–H and O–H groups in total. The van der Waals surface area contributed by atoms with Crippen LogP contribution in [0.4, 0.5) is 18.9 Å². The quantitative estimate of drug-likeness (QED) is 0.274. The smallest absolute Gasteiger partial charge is 0.261 e. The molecule has 10 nitrogen and oxygen atoms in total. The first-order valence-electron chi connectivity index (χ1n) is 14.2. The van der Waals surface area contributed by atoms with Gasteiger partial charge in [-0.25, -0.2) is 28.6 Å². The van der Waals surface area contributed by atoms with Crippen LogP contribution in [0.15, 0.2) is 72.4 Å². The van der Waals surface area contributed by atoms with Gasteiger partial charge in [0.1, 0.15) is 23.9 Å². The van der Waals surface area contributed by atoms with Crippen molar-refractivity contribution in [2.75, 3.05) is 18.4 Å². The Balaban J connectivity index is 1.26. The largest absolute Gasteiger partial charge is 0.355 e. The fourth-order valence-electron chi connectivity index (χ4n) is 5.94. The third kappa shape index (κ3) is 5.13. The van der Waals surface area contributed by atoms with Gasteiger partial charge < -0.3 is 10.7 Å². The molecule has 1 fully saturated rings. The summed E-state index contributed by atoms with van der Waals surface area (Å²) >= 11 is 0. The zero-order valence-corrected chi connectivity index (χ0v) is 23.9. The summed E-state index contributed by atoms with van der Waals surface area (Å²) in [5, 5.41) is 3.46. The summed E-state index contributed by atoms with van der Waals surface area (Å²) in [6, 6.07) is 3.13. The van der Waals surface area contributed by atoms with Crippen LogP contribution in [0.25, 0.3) is 22.6 Å². The summed E-state index contributed by atoms with van der Waals surface area (Å²) in [6.45, 7) is 6.34. The van der Waals surface area contributed by atoms with Crippen LogP contribution < -0.4 is 16.2 Å². The van der Waals surface area contributed by atoms with Crippen molar-refractivity contribution in [3.63, 3.8) is 0 Å². The van der Waals surface area contributed by atoms with Gasteiger partial charge in [0.05, 0.1) is 12.2 Å². The molecule has 0 bridgehead atoms. The molecule has 224 valence electrons. The second kappa shape index (κ2) is 11.0. The number of rotatable bonds is 6. The maximum Gasteiger partial charge on any atom is 0.261 e. The Labute approximate surface area is 251 Å². The van der Waals surface area contributed by atoms with Crippen molar-refractivity contribution >= 4 is 18.0 Å². The van der Waals surface area contributed by atoms with E-state index >= 15 is 4.39 Å². The minimum Gasteiger partial charge on any atom is -0.355 e. The Hall–Kier alpha value is -4.88. The highest BCUT2D eigenvalue weighted by molar-refractivity contribution is 5.88. The first-order valence-corrected chi connectivity index (χ1v) is 14.2. The van der Waals surface area contributed by atoms with Crippen LogP contribution >= 0.6 is 0 Å². The number of imidazole rings is 1. The molecule has 4 aromatic heterocycles. The van der Waals surface area contributed by atoms with Crippen LogP contribution in [-0.4, -0.2) is 55.1 Å². The molecule has 7 heterocycles. The van der Waals surface area contributed by atoms with Crippen molar-refractivity contribution in [2.24, 2.45) is 4.99 Å². The van der Waals surface area contributed by atoms with Gasteiger partial charge >= 0.3 is 0 Å². The second-order valence-corrected chi connectivity index (χ2v) is 11.1. The third-order valence-corrected chi connectivity index (χ3v) is 7.99. The van der Waals surface area contributed by atoms with E-state index in [0.717, 1.165) is 16.9 Å². The summed E-state index contributed by atoms with van der Waals surface area (Å²) in [5.74, 6) is -2.55. The molecule has 0 radical (unpaired) electrons. The SMILES string of the molecule is C=NC1C=C(C2=CNNCc3cnc(-c4cncc(CN5CCC(F)(F)C5)c4)c(F)c32)Nc2ccnc(-n3cnc(C)c3)c21. The lowest BCUT2D eigenvalue weighted by Gasteiger charge is -2.27. The molecule has 0 spiro atoms. The summed E-state index contributed by atoms with van der Waals surface area (Å²) in [7, 11) is 0. The fourth-order valence-corrected chi connectivity index (χ4v) is 5.94. The number of hydrogen-bond acceptors (Lipinski definition) is 9. The lowest BCUT2D eigenvalue weighted by atomic mass is 9.92. The maximum atomic E-state index is 16.6. The van der Waals surface area contributed by atoms with Crippen LogP contribution in [0, 0.1) is 12.7 Å². The van der Waals surface area contributed by atoms with Gasteiger partial charge in [-0.05, 0) is 43.0 Å². The number of aryl methyl sites for hydroxylation is 1. The van der Waals surface area contributed by atoms with Gasteiger partial charge in [-0.1, -0.05) is 0 Å². The van der Waals surface area contributed by atoms with E-state index < -0.39 is 17.8 Å². The summed E-state index contributed by atoms with van der Waals surface area (Å²) in [6.07, 6.45) is 13.5. The minimum atomic E-state index is -2.69. The number of allylic oxidation sites excluding steroid dienone is 1. The van der Waals surface area contributed by atoms with E-state index in [-0.39, 0.29) is 18.7 Å². The summed E-state index contributed by atoms with van der Waals surface area (Å²) in [5.41, 5.74) is 12.0. The van der Waals surface area contributed by atoms with E-state index in [9.17, 15) is 8.78 Å². The van der Waals surface area contributed by atoms with Crippen molar-refractivity contribution < 1.29 is 13.2 Å². The van der Waals surface area contributed by atoms with Crippen molar-refractivity contribution in [1.29, 1.82) is 0 Å². The number of pyridine rings is 3. The van der Waals surface area contributed by atoms with Gasteiger partial charge in [0.2, 0.25) is 0 Å². The molecular formula is C31H29F3N10. The molecular weight excluding hydrogens is 569 g/mol. The van der Waals surface area contributed by atoms with E-state index in [1.165, 1.54) is 6.20 Å². The van der Waals surface area contributed by atoms with Crippen LogP contribution in [0.1, 0.15) is 40.4 Å². The summed E-state index contributed by atoms with van der Waals surface area (Å²) in [4.78, 5) is 23.7. The number of halogens is 3. The molecule has 13 heteroatoms.